The van der Waals surface area contributed by atoms with E-state index in [1.165, 1.54) is 18.2 Å². The van der Waals surface area contributed by atoms with E-state index in [1.807, 2.05) is 0 Å². The maximum absolute atomic E-state index is 13.0. The number of halogens is 2. The van der Waals surface area contributed by atoms with Crippen molar-refractivity contribution in [1.29, 1.82) is 0 Å². The van der Waals surface area contributed by atoms with Gasteiger partial charge in [-0.1, -0.05) is 6.07 Å². The summed E-state index contributed by atoms with van der Waals surface area (Å²) in [6.07, 6.45) is 0. The Morgan fingerprint density at radius 2 is 1.88 bits per heavy atom. The molecule has 0 aromatic heterocycles. The van der Waals surface area contributed by atoms with Crippen molar-refractivity contribution in [2.24, 2.45) is 0 Å². The number of hydrogen-bond acceptors (Lipinski definition) is 5. The first-order valence-electron chi connectivity index (χ1n) is 6.53. The van der Waals surface area contributed by atoms with Gasteiger partial charge in [-0.25, -0.2) is 13.6 Å². The van der Waals surface area contributed by atoms with E-state index in [0.29, 0.717) is 0 Å². The Bertz CT molecular complexity index is 810. The molecule has 0 aliphatic carbocycles. The highest BCUT2D eigenvalue weighted by Gasteiger charge is 2.14. The number of esters is 1. The smallest absolute Gasteiger partial charge is 0.338 e. The summed E-state index contributed by atoms with van der Waals surface area (Å²) in [5, 5.41) is 12.8. The minimum Gasteiger partial charge on any atom is -0.452 e. The van der Waals surface area contributed by atoms with Crippen molar-refractivity contribution in [3.63, 3.8) is 0 Å². The van der Waals surface area contributed by atoms with Crippen LogP contribution in [0.15, 0.2) is 42.5 Å². The summed E-state index contributed by atoms with van der Waals surface area (Å²) in [5.74, 6) is -3.91. The first-order valence-corrected chi connectivity index (χ1v) is 6.53. The van der Waals surface area contributed by atoms with Crippen LogP contribution in [-0.2, 0) is 9.53 Å². The summed E-state index contributed by atoms with van der Waals surface area (Å²) in [6.45, 7) is -0.694. The number of anilines is 1. The molecule has 2 rings (SSSR count). The SMILES string of the molecule is O=C(COC(=O)c1cccc([N+](=O)[O-])c1)Nc1ccc(F)c(F)c1. The molecular weight excluding hydrogens is 326 g/mol. The lowest BCUT2D eigenvalue weighted by molar-refractivity contribution is -0.384. The van der Waals surface area contributed by atoms with Crippen molar-refractivity contribution < 1.29 is 28.0 Å². The second kappa shape index (κ2) is 7.27. The zero-order chi connectivity index (χ0) is 17.7. The van der Waals surface area contributed by atoms with Crippen LogP contribution in [0.3, 0.4) is 0 Å². The van der Waals surface area contributed by atoms with Crippen molar-refractivity contribution >= 4 is 23.3 Å². The van der Waals surface area contributed by atoms with Crippen LogP contribution >= 0.6 is 0 Å². The molecule has 0 spiro atoms. The van der Waals surface area contributed by atoms with Gasteiger partial charge in [0.05, 0.1) is 10.5 Å². The van der Waals surface area contributed by atoms with Crippen LogP contribution in [0.2, 0.25) is 0 Å². The van der Waals surface area contributed by atoms with Gasteiger partial charge in [-0.15, -0.1) is 0 Å². The second-order valence-corrected chi connectivity index (χ2v) is 4.56. The topological polar surface area (TPSA) is 98.5 Å². The van der Waals surface area contributed by atoms with Gasteiger partial charge >= 0.3 is 5.97 Å². The van der Waals surface area contributed by atoms with Crippen LogP contribution in [0, 0.1) is 21.7 Å². The van der Waals surface area contributed by atoms with Crippen molar-refractivity contribution in [1.82, 2.24) is 0 Å². The molecule has 0 fully saturated rings. The molecule has 124 valence electrons. The third-order valence-electron chi connectivity index (χ3n) is 2.83. The van der Waals surface area contributed by atoms with Gasteiger partial charge in [-0.3, -0.25) is 14.9 Å². The Balaban J connectivity index is 1.93. The van der Waals surface area contributed by atoms with Crippen LogP contribution in [-0.4, -0.2) is 23.4 Å². The van der Waals surface area contributed by atoms with Crippen molar-refractivity contribution in [3.8, 4) is 0 Å². The fraction of sp³-hybridized carbons (Fsp3) is 0.0667. The first kappa shape index (κ1) is 17.0. The number of carbonyl (C=O) groups excluding carboxylic acids is 2. The fourth-order valence-electron chi connectivity index (χ4n) is 1.73. The molecule has 0 aliphatic heterocycles. The van der Waals surface area contributed by atoms with Crippen molar-refractivity contribution in [3.05, 3.63) is 69.8 Å². The maximum atomic E-state index is 13.0. The zero-order valence-electron chi connectivity index (χ0n) is 12.0. The third kappa shape index (κ3) is 4.32. The molecule has 0 atom stereocenters. The number of rotatable bonds is 5. The molecule has 0 saturated carbocycles. The molecule has 1 N–H and O–H groups in total. The standard InChI is InChI=1S/C15H10F2N2O5/c16-12-5-4-10(7-13(12)17)18-14(20)8-24-15(21)9-2-1-3-11(6-9)19(22)23/h1-7H,8H2,(H,18,20). The van der Waals surface area contributed by atoms with Gasteiger partial charge in [0.2, 0.25) is 0 Å². The largest absolute Gasteiger partial charge is 0.452 e. The molecule has 2 aromatic carbocycles. The summed E-state index contributed by atoms with van der Waals surface area (Å²) in [4.78, 5) is 33.3. The Morgan fingerprint density at radius 3 is 2.54 bits per heavy atom. The Labute approximate surface area is 134 Å². The summed E-state index contributed by atoms with van der Waals surface area (Å²) in [5.41, 5.74) is -0.397. The third-order valence-corrected chi connectivity index (χ3v) is 2.83. The number of benzene rings is 2. The minimum atomic E-state index is -1.14. The number of ether oxygens (including phenoxy) is 1. The van der Waals surface area contributed by atoms with E-state index in [0.717, 1.165) is 24.3 Å². The van der Waals surface area contributed by atoms with E-state index in [4.69, 9.17) is 4.74 Å². The summed E-state index contributed by atoms with van der Waals surface area (Å²) < 4.78 is 30.5. The van der Waals surface area contributed by atoms with E-state index in [2.05, 4.69) is 5.32 Å². The highest BCUT2D eigenvalue weighted by Crippen LogP contribution is 2.15. The van der Waals surface area contributed by atoms with Gasteiger partial charge < -0.3 is 10.1 Å². The molecule has 2 aromatic rings. The maximum Gasteiger partial charge on any atom is 0.338 e. The molecule has 9 heteroatoms. The lowest BCUT2D eigenvalue weighted by Crippen LogP contribution is -2.21. The summed E-state index contributed by atoms with van der Waals surface area (Å²) in [6, 6.07) is 7.55. The van der Waals surface area contributed by atoms with E-state index < -0.39 is 35.0 Å². The van der Waals surface area contributed by atoms with Crippen molar-refractivity contribution in [2.75, 3.05) is 11.9 Å². The Kier molecular flexibility index (Phi) is 5.15. The lowest BCUT2D eigenvalue weighted by atomic mass is 10.2. The highest BCUT2D eigenvalue weighted by molar-refractivity contribution is 5.95. The van der Waals surface area contributed by atoms with E-state index in [9.17, 15) is 28.5 Å². The normalized spacial score (nSPS) is 10.1. The first-order chi connectivity index (χ1) is 11.4. The number of carbonyl (C=O) groups is 2. The molecular formula is C15H10F2N2O5. The second-order valence-electron chi connectivity index (χ2n) is 4.56. The van der Waals surface area contributed by atoms with E-state index in [-0.39, 0.29) is 16.9 Å². The molecule has 0 aliphatic rings. The van der Waals surface area contributed by atoms with Gasteiger partial charge in [0.15, 0.2) is 18.2 Å². The van der Waals surface area contributed by atoms with Gasteiger partial charge in [-0.2, -0.15) is 0 Å². The number of nitro benzene ring substituents is 1. The molecule has 24 heavy (non-hydrogen) atoms. The van der Waals surface area contributed by atoms with Gasteiger partial charge in [0, 0.05) is 23.9 Å². The number of nitrogens with one attached hydrogen (secondary N) is 1. The minimum absolute atomic E-state index is 0.00898. The predicted molar refractivity (Wildman–Crippen MR) is 78.4 cm³/mol. The number of nitrogens with zero attached hydrogens (tertiary/aromatic N) is 1. The van der Waals surface area contributed by atoms with E-state index in [1.54, 1.807) is 0 Å². The Hall–Kier alpha value is -3.36. The molecule has 0 unspecified atom stereocenters. The zero-order valence-corrected chi connectivity index (χ0v) is 12.0. The average Bonchev–Trinajstić information content (AvgIpc) is 2.56. The number of hydrogen-bond donors (Lipinski definition) is 1. The van der Waals surface area contributed by atoms with E-state index >= 15 is 0 Å². The molecule has 0 saturated heterocycles. The van der Waals surface area contributed by atoms with Crippen LogP contribution in [0.4, 0.5) is 20.2 Å². The summed E-state index contributed by atoms with van der Waals surface area (Å²) >= 11 is 0. The van der Waals surface area contributed by atoms with Crippen LogP contribution in [0.5, 0.6) is 0 Å². The quantitative estimate of drug-likeness (QED) is 0.514. The summed E-state index contributed by atoms with van der Waals surface area (Å²) in [7, 11) is 0. The molecule has 0 heterocycles. The number of nitro groups is 1. The lowest BCUT2D eigenvalue weighted by Gasteiger charge is -2.07. The molecule has 0 bridgehead atoms. The Morgan fingerprint density at radius 1 is 1.12 bits per heavy atom. The average molecular weight is 336 g/mol. The molecule has 7 nitrogen and oxygen atoms in total. The monoisotopic (exact) mass is 336 g/mol. The molecule has 0 radical (unpaired) electrons. The number of non-ortho nitro benzene ring substituents is 1. The fourth-order valence-corrected chi connectivity index (χ4v) is 1.73. The van der Waals surface area contributed by atoms with Crippen molar-refractivity contribution in [2.45, 2.75) is 0 Å². The van der Waals surface area contributed by atoms with Gasteiger partial charge in [0.1, 0.15) is 0 Å². The van der Waals surface area contributed by atoms with Gasteiger partial charge in [-0.05, 0) is 18.2 Å². The molecule has 1 amide bonds. The highest BCUT2D eigenvalue weighted by atomic mass is 19.2. The predicted octanol–water partition coefficient (Wildman–Crippen LogP) is 2.67. The van der Waals surface area contributed by atoms with Crippen LogP contribution < -0.4 is 5.32 Å². The van der Waals surface area contributed by atoms with Crippen LogP contribution in [0.1, 0.15) is 10.4 Å². The van der Waals surface area contributed by atoms with Gasteiger partial charge in [0.25, 0.3) is 11.6 Å². The number of amides is 1. The van der Waals surface area contributed by atoms with Crippen LogP contribution in [0.25, 0.3) is 0 Å².